The molecule has 0 unspecified atom stereocenters. The van der Waals surface area contributed by atoms with Gasteiger partial charge in [-0.15, -0.1) is 0 Å². The molecule has 3 amide bonds. The Morgan fingerprint density at radius 1 is 1.11 bits per heavy atom. The predicted molar refractivity (Wildman–Crippen MR) is 98.0 cm³/mol. The molecule has 0 bridgehead atoms. The van der Waals surface area contributed by atoms with Crippen LogP contribution in [-0.4, -0.2) is 63.7 Å². The van der Waals surface area contributed by atoms with E-state index in [0.29, 0.717) is 0 Å². The van der Waals surface area contributed by atoms with Crippen molar-refractivity contribution in [1.82, 2.24) is 10.6 Å². The zero-order valence-electron chi connectivity index (χ0n) is 15.3. The van der Waals surface area contributed by atoms with Crippen molar-refractivity contribution in [2.24, 2.45) is 5.73 Å². The Morgan fingerprint density at radius 2 is 1.68 bits per heavy atom. The third-order valence-electron chi connectivity index (χ3n) is 3.67. The molecule has 154 valence electrons. The van der Waals surface area contributed by atoms with Gasteiger partial charge in [0.15, 0.2) is 0 Å². The number of hydrogen-bond acceptors (Lipinski definition) is 8. The summed E-state index contributed by atoms with van der Waals surface area (Å²) < 4.78 is 0. The van der Waals surface area contributed by atoms with E-state index in [-0.39, 0.29) is 11.4 Å². The van der Waals surface area contributed by atoms with Crippen LogP contribution in [0.25, 0.3) is 0 Å². The molecule has 0 aliphatic heterocycles. The largest absolute Gasteiger partial charge is 0.391 e. The van der Waals surface area contributed by atoms with E-state index < -0.39 is 53.5 Å². The number of non-ortho nitro benzene ring substituents is 1. The number of carbonyl (C=O) groups is 3. The Balaban J connectivity index is 2.60. The molecular weight excluding hydrogens is 374 g/mol. The molecule has 0 radical (unpaired) electrons. The van der Waals surface area contributed by atoms with Gasteiger partial charge in [-0.1, -0.05) is 0 Å². The number of nitro groups is 1. The molecule has 28 heavy (non-hydrogen) atoms. The number of nitrogens with zero attached hydrogens (tertiary/aromatic N) is 1. The lowest BCUT2D eigenvalue weighted by Crippen LogP contribution is -2.58. The first kappa shape index (κ1) is 23.0. The van der Waals surface area contributed by atoms with Gasteiger partial charge in [-0.05, 0) is 26.0 Å². The fourth-order valence-electron chi connectivity index (χ4n) is 2.02. The van der Waals surface area contributed by atoms with E-state index in [1.54, 1.807) is 0 Å². The normalized spacial score (nSPS) is 14.9. The second-order valence-corrected chi connectivity index (χ2v) is 6.06. The molecule has 0 aliphatic rings. The molecule has 0 aromatic heterocycles. The summed E-state index contributed by atoms with van der Waals surface area (Å²) in [5, 5.41) is 36.5. The maximum absolute atomic E-state index is 12.1. The van der Waals surface area contributed by atoms with Gasteiger partial charge >= 0.3 is 0 Å². The summed E-state index contributed by atoms with van der Waals surface area (Å²) in [5.41, 5.74) is 5.61. The van der Waals surface area contributed by atoms with Gasteiger partial charge < -0.3 is 31.9 Å². The molecule has 0 heterocycles. The maximum atomic E-state index is 12.1. The van der Waals surface area contributed by atoms with Gasteiger partial charge in [0.25, 0.3) is 5.69 Å². The van der Waals surface area contributed by atoms with Crippen LogP contribution in [0.5, 0.6) is 0 Å². The van der Waals surface area contributed by atoms with Crippen molar-refractivity contribution >= 4 is 29.1 Å². The van der Waals surface area contributed by atoms with E-state index in [1.807, 2.05) is 0 Å². The van der Waals surface area contributed by atoms with E-state index in [4.69, 9.17) is 5.73 Å². The van der Waals surface area contributed by atoms with Crippen LogP contribution in [0.1, 0.15) is 13.8 Å². The highest BCUT2D eigenvalue weighted by Crippen LogP contribution is 2.15. The first-order valence-electron chi connectivity index (χ1n) is 8.27. The van der Waals surface area contributed by atoms with Gasteiger partial charge in [0.05, 0.1) is 23.7 Å². The molecule has 0 fully saturated rings. The molecule has 1 aromatic carbocycles. The Labute approximate surface area is 160 Å². The minimum atomic E-state index is -1.38. The van der Waals surface area contributed by atoms with Gasteiger partial charge in [0.1, 0.15) is 12.1 Å². The number of nitrogens with two attached hydrogens (primary N) is 1. The minimum absolute atomic E-state index is 0.141. The first-order valence-corrected chi connectivity index (χ1v) is 8.27. The van der Waals surface area contributed by atoms with Crippen molar-refractivity contribution < 1.29 is 29.5 Å². The highest BCUT2D eigenvalue weighted by Gasteiger charge is 2.29. The number of amides is 3. The quantitative estimate of drug-likeness (QED) is 0.208. The number of benzene rings is 1. The van der Waals surface area contributed by atoms with Crippen LogP contribution in [0.2, 0.25) is 0 Å². The summed E-state index contributed by atoms with van der Waals surface area (Å²) in [5.74, 6) is -2.30. The number of nitrogens with one attached hydrogen (secondary N) is 3. The fourth-order valence-corrected chi connectivity index (χ4v) is 2.02. The lowest BCUT2D eigenvalue weighted by molar-refractivity contribution is -0.384. The van der Waals surface area contributed by atoms with Crippen LogP contribution >= 0.6 is 0 Å². The second kappa shape index (κ2) is 10.3. The van der Waals surface area contributed by atoms with Crippen LogP contribution < -0.4 is 21.7 Å². The number of aliphatic hydroxyl groups is 2. The Bertz CT molecular complexity index is 721. The molecule has 12 nitrogen and oxygen atoms in total. The molecule has 0 saturated carbocycles. The first-order chi connectivity index (χ1) is 13.0. The highest BCUT2D eigenvalue weighted by molar-refractivity contribution is 5.96. The maximum Gasteiger partial charge on any atom is 0.269 e. The Morgan fingerprint density at radius 3 is 2.14 bits per heavy atom. The van der Waals surface area contributed by atoms with Gasteiger partial charge in [-0.25, -0.2) is 0 Å². The van der Waals surface area contributed by atoms with Crippen LogP contribution in [0.15, 0.2) is 24.3 Å². The van der Waals surface area contributed by atoms with Crippen molar-refractivity contribution in [3.63, 3.8) is 0 Å². The molecule has 0 saturated heterocycles. The van der Waals surface area contributed by atoms with Crippen LogP contribution in [0.4, 0.5) is 11.4 Å². The molecule has 0 aliphatic carbocycles. The number of anilines is 1. The minimum Gasteiger partial charge on any atom is -0.391 e. The van der Waals surface area contributed by atoms with E-state index >= 15 is 0 Å². The average Bonchev–Trinajstić information content (AvgIpc) is 2.63. The standard InChI is InChI=1S/C16H23N5O7/c1-8(22)13(17)15(25)20-14(9(2)23)16(26)18-7-12(24)19-10-3-5-11(6-4-10)21(27)28/h3-6,8-9,13-14,22-23H,7,17H2,1-2H3,(H,18,26)(H,19,24)(H,20,25)/t8-,9-,13+,14+/m1/s1. The van der Waals surface area contributed by atoms with Crippen molar-refractivity contribution in [1.29, 1.82) is 0 Å². The average molecular weight is 397 g/mol. The Kier molecular flexibility index (Phi) is 8.44. The smallest absolute Gasteiger partial charge is 0.269 e. The number of rotatable bonds is 9. The lowest BCUT2D eigenvalue weighted by atomic mass is 10.1. The van der Waals surface area contributed by atoms with Crippen molar-refractivity contribution in [2.45, 2.75) is 38.1 Å². The number of nitro benzene ring substituents is 1. The topological polar surface area (TPSA) is 197 Å². The second-order valence-electron chi connectivity index (χ2n) is 6.06. The van der Waals surface area contributed by atoms with Crippen LogP contribution in [0.3, 0.4) is 0 Å². The summed E-state index contributed by atoms with van der Waals surface area (Å²) in [4.78, 5) is 45.9. The van der Waals surface area contributed by atoms with Crippen LogP contribution in [0, 0.1) is 10.1 Å². The summed E-state index contributed by atoms with van der Waals surface area (Å²) >= 11 is 0. The summed E-state index contributed by atoms with van der Waals surface area (Å²) in [7, 11) is 0. The van der Waals surface area contributed by atoms with E-state index in [1.165, 1.54) is 38.1 Å². The number of aliphatic hydroxyl groups excluding tert-OH is 2. The fraction of sp³-hybridized carbons (Fsp3) is 0.438. The predicted octanol–water partition coefficient (Wildman–Crippen LogP) is -1.78. The van der Waals surface area contributed by atoms with Crippen molar-refractivity contribution in [3.8, 4) is 0 Å². The molecule has 0 spiro atoms. The SMILES string of the molecule is C[C@@H](O)[C@H](N)C(=O)N[C@H](C(=O)NCC(=O)Nc1ccc([N+](=O)[O-])cc1)[C@@H](C)O. The zero-order valence-corrected chi connectivity index (χ0v) is 15.3. The molecule has 1 rings (SSSR count). The molecule has 4 atom stereocenters. The van der Waals surface area contributed by atoms with Gasteiger partial charge in [0.2, 0.25) is 17.7 Å². The van der Waals surface area contributed by atoms with Gasteiger partial charge in [-0.2, -0.15) is 0 Å². The number of carbonyl (C=O) groups excluding carboxylic acids is 3. The van der Waals surface area contributed by atoms with Gasteiger partial charge in [-0.3, -0.25) is 24.5 Å². The van der Waals surface area contributed by atoms with E-state index in [0.717, 1.165) is 0 Å². The summed E-state index contributed by atoms with van der Waals surface area (Å²) in [6.07, 6.45) is -2.45. The monoisotopic (exact) mass is 397 g/mol. The molecular formula is C16H23N5O7. The lowest BCUT2D eigenvalue weighted by Gasteiger charge is -2.23. The van der Waals surface area contributed by atoms with E-state index in [9.17, 15) is 34.7 Å². The van der Waals surface area contributed by atoms with E-state index in [2.05, 4.69) is 16.0 Å². The number of hydrogen-bond donors (Lipinski definition) is 6. The summed E-state index contributed by atoms with van der Waals surface area (Å²) in [6.45, 7) is 2.08. The molecule has 1 aromatic rings. The highest BCUT2D eigenvalue weighted by atomic mass is 16.6. The van der Waals surface area contributed by atoms with Crippen molar-refractivity contribution in [2.75, 3.05) is 11.9 Å². The zero-order chi connectivity index (χ0) is 21.4. The third kappa shape index (κ3) is 6.90. The van der Waals surface area contributed by atoms with Crippen molar-refractivity contribution in [3.05, 3.63) is 34.4 Å². The summed E-state index contributed by atoms with van der Waals surface area (Å²) in [6, 6.07) is 2.39. The third-order valence-corrected chi connectivity index (χ3v) is 3.67. The van der Waals surface area contributed by atoms with Gasteiger partial charge in [0, 0.05) is 17.8 Å². The Hall–Kier alpha value is -3.09. The molecule has 7 N–H and O–H groups in total. The van der Waals surface area contributed by atoms with Crippen LogP contribution in [-0.2, 0) is 14.4 Å². The molecule has 12 heteroatoms.